The van der Waals surface area contributed by atoms with Gasteiger partial charge >= 0.3 is 0 Å². The van der Waals surface area contributed by atoms with Crippen molar-refractivity contribution in [2.75, 3.05) is 0 Å². The van der Waals surface area contributed by atoms with Crippen LogP contribution in [-0.4, -0.2) is 15.5 Å². The fourth-order valence-corrected chi connectivity index (χ4v) is 3.57. The molecule has 2 aromatic rings. The van der Waals surface area contributed by atoms with Gasteiger partial charge in [-0.15, -0.1) is 11.3 Å². The van der Waals surface area contributed by atoms with Gasteiger partial charge < -0.3 is 10.3 Å². The highest BCUT2D eigenvalue weighted by atomic mass is 32.1. The minimum absolute atomic E-state index is 0.358. The third-order valence-electron chi connectivity index (χ3n) is 3.94. The summed E-state index contributed by atoms with van der Waals surface area (Å²) >= 11 is 1.56. The highest BCUT2D eigenvalue weighted by Gasteiger charge is 2.25. The van der Waals surface area contributed by atoms with Gasteiger partial charge in [0.05, 0.1) is 5.56 Å². The normalized spacial score (nSPS) is 11.3. The Morgan fingerprint density at radius 1 is 1.45 bits per heavy atom. The second-order valence-electron chi connectivity index (χ2n) is 6.07. The number of amides is 1. The van der Waals surface area contributed by atoms with Crippen LogP contribution in [0.2, 0.25) is 0 Å². The highest BCUT2D eigenvalue weighted by molar-refractivity contribution is 7.13. The lowest BCUT2D eigenvalue weighted by Gasteiger charge is -2.13. The van der Waals surface area contributed by atoms with Gasteiger partial charge in [0.15, 0.2) is 0 Å². The summed E-state index contributed by atoms with van der Waals surface area (Å²) in [6, 6.07) is 0. The number of hydrogen-bond acceptors (Lipinski definition) is 3. The Hall–Kier alpha value is -1.62. The van der Waals surface area contributed by atoms with Crippen molar-refractivity contribution in [2.45, 2.75) is 53.5 Å². The van der Waals surface area contributed by atoms with Crippen molar-refractivity contribution in [1.29, 1.82) is 0 Å². The van der Waals surface area contributed by atoms with E-state index in [0.29, 0.717) is 11.5 Å². The molecule has 1 amide bonds. The van der Waals surface area contributed by atoms with Crippen LogP contribution >= 0.6 is 11.3 Å². The molecule has 2 rings (SSSR count). The second-order valence-corrected chi connectivity index (χ2v) is 6.96. The molecule has 2 aromatic heterocycles. The summed E-state index contributed by atoms with van der Waals surface area (Å²) in [6.07, 6.45) is 4.83. The molecule has 22 heavy (non-hydrogen) atoms. The van der Waals surface area contributed by atoms with Crippen molar-refractivity contribution >= 4 is 17.2 Å². The summed E-state index contributed by atoms with van der Waals surface area (Å²) in [7, 11) is 0. The molecule has 0 radical (unpaired) electrons. The molecule has 2 N–H and O–H groups in total. The largest absolute Gasteiger partial charge is 0.366 e. The van der Waals surface area contributed by atoms with Crippen LogP contribution in [0.15, 0.2) is 11.6 Å². The molecule has 0 aromatic carbocycles. The lowest BCUT2D eigenvalue weighted by Crippen LogP contribution is -2.13. The van der Waals surface area contributed by atoms with Crippen LogP contribution < -0.4 is 5.73 Å². The van der Waals surface area contributed by atoms with E-state index < -0.39 is 0 Å². The van der Waals surface area contributed by atoms with Crippen LogP contribution in [0.5, 0.6) is 0 Å². The standard InChI is InChI=1S/C17H25N3OS/c1-5-6-13-15(17-19-8-10-22-17)14(16(18)21)12(4)20(13)9-7-11(2)3/h8,10-11H,5-7,9H2,1-4H3,(H2,18,21). The minimum atomic E-state index is -0.358. The Balaban J connectivity index is 2.63. The summed E-state index contributed by atoms with van der Waals surface area (Å²) in [6.45, 7) is 9.51. The van der Waals surface area contributed by atoms with Gasteiger partial charge in [0.25, 0.3) is 5.91 Å². The molecule has 0 saturated carbocycles. The lowest BCUT2D eigenvalue weighted by molar-refractivity contribution is 0.1000. The first-order valence-corrected chi connectivity index (χ1v) is 8.76. The Kier molecular flexibility index (Phi) is 5.40. The van der Waals surface area contributed by atoms with Gasteiger partial charge in [0, 0.05) is 35.1 Å². The van der Waals surface area contributed by atoms with Gasteiger partial charge in [0.2, 0.25) is 0 Å². The molecule has 5 heteroatoms. The smallest absolute Gasteiger partial charge is 0.251 e. The Morgan fingerprint density at radius 3 is 2.68 bits per heavy atom. The molecule has 2 heterocycles. The summed E-state index contributed by atoms with van der Waals surface area (Å²) in [5.74, 6) is 0.264. The average Bonchev–Trinajstić information content (AvgIpc) is 3.04. The summed E-state index contributed by atoms with van der Waals surface area (Å²) < 4.78 is 2.28. The molecule has 0 fully saturated rings. The van der Waals surface area contributed by atoms with Crippen molar-refractivity contribution in [3.05, 3.63) is 28.5 Å². The molecule has 0 aliphatic heterocycles. The zero-order valence-electron chi connectivity index (χ0n) is 13.8. The topological polar surface area (TPSA) is 60.9 Å². The first-order valence-electron chi connectivity index (χ1n) is 7.88. The van der Waals surface area contributed by atoms with Crippen molar-refractivity contribution in [3.63, 3.8) is 0 Å². The molecule has 0 atom stereocenters. The number of carbonyl (C=O) groups is 1. The SMILES string of the molecule is CCCc1c(-c2nccs2)c(C(N)=O)c(C)n1CCC(C)C. The number of primary amides is 1. The number of nitrogens with two attached hydrogens (primary N) is 1. The third-order valence-corrected chi connectivity index (χ3v) is 4.73. The molecule has 0 spiro atoms. The van der Waals surface area contributed by atoms with Crippen molar-refractivity contribution in [2.24, 2.45) is 11.7 Å². The highest BCUT2D eigenvalue weighted by Crippen LogP contribution is 2.35. The van der Waals surface area contributed by atoms with E-state index in [1.165, 1.54) is 5.69 Å². The van der Waals surface area contributed by atoms with Gasteiger partial charge in [-0.25, -0.2) is 4.98 Å². The Labute approximate surface area is 136 Å². The van der Waals surface area contributed by atoms with Gasteiger partial charge in [-0.3, -0.25) is 4.79 Å². The quantitative estimate of drug-likeness (QED) is 0.838. The molecule has 0 aliphatic carbocycles. The lowest BCUT2D eigenvalue weighted by atomic mass is 10.1. The fraction of sp³-hybridized carbons (Fsp3) is 0.529. The van der Waals surface area contributed by atoms with Crippen LogP contribution in [0.3, 0.4) is 0 Å². The number of nitrogens with zero attached hydrogens (tertiary/aromatic N) is 2. The summed E-state index contributed by atoms with van der Waals surface area (Å²) in [5, 5.41) is 2.83. The number of hydrogen-bond donors (Lipinski definition) is 1. The number of aromatic nitrogens is 2. The third kappa shape index (κ3) is 3.24. The molecular weight excluding hydrogens is 294 g/mol. The van der Waals surface area contributed by atoms with Gasteiger partial charge in [0.1, 0.15) is 5.01 Å². The Bertz CT molecular complexity index is 641. The molecule has 0 aliphatic rings. The maximum Gasteiger partial charge on any atom is 0.251 e. The second kappa shape index (κ2) is 7.09. The molecule has 0 bridgehead atoms. The van der Waals surface area contributed by atoms with Crippen LogP contribution in [0, 0.1) is 12.8 Å². The van der Waals surface area contributed by atoms with E-state index in [1.54, 1.807) is 17.5 Å². The molecule has 120 valence electrons. The number of carbonyl (C=O) groups excluding carboxylic acids is 1. The van der Waals surface area contributed by atoms with Crippen LogP contribution in [-0.2, 0) is 13.0 Å². The minimum Gasteiger partial charge on any atom is -0.366 e. The van der Waals surface area contributed by atoms with Crippen molar-refractivity contribution in [1.82, 2.24) is 9.55 Å². The summed E-state index contributed by atoms with van der Waals surface area (Å²) in [5.41, 5.74) is 9.44. The maximum absolute atomic E-state index is 12.0. The first kappa shape index (κ1) is 16.7. The zero-order chi connectivity index (χ0) is 16.3. The average molecular weight is 319 g/mol. The molecular formula is C17H25N3OS. The molecule has 4 nitrogen and oxygen atoms in total. The predicted molar refractivity (Wildman–Crippen MR) is 92.2 cm³/mol. The van der Waals surface area contributed by atoms with Gasteiger partial charge in [-0.05, 0) is 25.7 Å². The van der Waals surface area contributed by atoms with E-state index in [0.717, 1.165) is 42.1 Å². The van der Waals surface area contributed by atoms with E-state index in [9.17, 15) is 4.79 Å². The number of rotatable bonds is 7. The first-order chi connectivity index (χ1) is 10.5. The van der Waals surface area contributed by atoms with Gasteiger partial charge in [-0.1, -0.05) is 27.2 Å². The van der Waals surface area contributed by atoms with E-state index in [-0.39, 0.29) is 5.91 Å². The van der Waals surface area contributed by atoms with Crippen molar-refractivity contribution < 1.29 is 4.79 Å². The van der Waals surface area contributed by atoms with Gasteiger partial charge in [-0.2, -0.15) is 0 Å². The molecule has 0 saturated heterocycles. The van der Waals surface area contributed by atoms with E-state index in [1.807, 2.05) is 12.3 Å². The monoisotopic (exact) mass is 319 g/mol. The van der Waals surface area contributed by atoms with Crippen LogP contribution in [0.1, 0.15) is 55.4 Å². The predicted octanol–water partition coefficient (Wildman–Crippen LogP) is 4.02. The van der Waals surface area contributed by atoms with E-state index in [4.69, 9.17) is 5.73 Å². The zero-order valence-corrected chi connectivity index (χ0v) is 14.7. The van der Waals surface area contributed by atoms with Crippen LogP contribution in [0.4, 0.5) is 0 Å². The van der Waals surface area contributed by atoms with E-state index >= 15 is 0 Å². The summed E-state index contributed by atoms with van der Waals surface area (Å²) in [4.78, 5) is 16.5. The Morgan fingerprint density at radius 2 is 2.18 bits per heavy atom. The van der Waals surface area contributed by atoms with Crippen LogP contribution in [0.25, 0.3) is 10.6 Å². The number of thiazole rings is 1. The molecule has 0 unspecified atom stereocenters. The van der Waals surface area contributed by atoms with Crippen molar-refractivity contribution in [3.8, 4) is 10.6 Å². The van der Waals surface area contributed by atoms with E-state index in [2.05, 4.69) is 30.3 Å². The maximum atomic E-state index is 12.0. The fourth-order valence-electron chi connectivity index (χ4n) is 2.86.